The van der Waals surface area contributed by atoms with E-state index in [-0.39, 0.29) is 0 Å². The molecule has 4 aromatic rings. The molecule has 0 saturated carbocycles. The molecule has 0 aliphatic rings. The lowest BCUT2D eigenvalue weighted by Gasteiger charge is -2.11. The molecular formula is C24H28N4. The summed E-state index contributed by atoms with van der Waals surface area (Å²) >= 11 is 0. The van der Waals surface area contributed by atoms with Crippen LogP contribution in [-0.4, -0.2) is 14.5 Å². The van der Waals surface area contributed by atoms with Crippen molar-refractivity contribution in [2.24, 2.45) is 5.92 Å². The molecule has 4 rings (SSSR count). The largest absolute Gasteiger partial charge is 0.382 e. The normalized spacial score (nSPS) is 11.7. The third-order valence-corrected chi connectivity index (χ3v) is 5.22. The van der Waals surface area contributed by atoms with Gasteiger partial charge in [-0.15, -0.1) is 0 Å². The van der Waals surface area contributed by atoms with E-state index in [1.807, 2.05) is 6.33 Å². The minimum Gasteiger partial charge on any atom is -0.382 e. The Balaban J connectivity index is 1.57. The van der Waals surface area contributed by atoms with Crippen molar-refractivity contribution >= 4 is 27.8 Å². The van der Waals surface area contributed by atoms with Crippen molar-refractivity contribution in [1.29, 1.82) is 0 Å². The number of unbranched alkanes of at least 4 members (excludes halogenated alkanes) is 1. The number of pyridine rings is 1. The zero-order chi connectivity index (χ0) is 19.5. The number of anilines is 1. The predicted molar refractivity (Wildman–Crippen MR) is 117 cm³/mol. The summed E-state index contributed by atoms with van der Waals surface area (Å²) in [5.74, 6) is 1.06. The molecule has 4 heteroatoms. The van der Waals surface area contributed by atoms with Gasteiger partial charge in [-0.2, -0.15) is 0 Å². The molecule has 2 heterocycles. The van der Waals surface area contributed by atoms with Gasteiger partial charge in [-0.1, -0.05) is 50.2 Å². The summed E-state index contributed by atoms with van der Waals surface area (Å²) in [6, 6.07) is 17.3. The molecule has 0 saturated heterocycles. The molecule has 0 radical (unpaired) electrons. The van der Waals surface area contributed by atoms with E-state index >= 15 is 0 Å². The Morgan fingerprint density at radius 1 is 0.964 bits per heavy atom. The Morgan fingerprint density at radius 3 is 2.46 bits per heavy atom. The molecule has 0 aliphatic carbocycles. The standard InChI is InChI=1S/C24H28N4/c1-17(2)15-28-16-26-22-23(28)20-14-19(12-13-21(20)27-24(22)25)11-7-6-10-18-8-4-3-5-9-18/h3-5,8-9,12-14,16-17H,6-7,10-11,15H2,1-2H3,(H2,25,27). The SMILES string of the molecule is CC(C)Cn1cnc2c(N)nc3ccc(CCCCc4ccccc4)cc3c21. The maximum atomic E-state index is 6.17. The van der Waals surface area contributed by atoms with Crippen LogP contribution < -0.4 is 5.73 Å². The van der Waals surface area contributed by atoms with Crippen LogP contribution in [0, 0.1) is 5.92 Å². The van der Waals surface area contributed by atoms with Gasteiger partial charge in [-0.25, -0.2) is 9.97 Å². The lowest BCUT2D eigenvalue weighted by Crippen LogP contribution is -2.04. The van der Waals surface area contributed by atoms with Crippen LogP contribution in [0.5, 0.6) is 0 Å². The molecule has 0 unspecified atom stereocenters. The maximum absolute atomic E-state index is 6.17. The van der Waals surface area contributed by atoms with E-state index in [4.69, 9.17) is 5.73 Å². The molecule has 4 nitrogen and oxygen atoms in total. The van der Waals surface area contributed by atoms with E-state index in [0.29, 0.717) is 11.7 Å². The Labute approximate surface area is 166 Å². The van der Waals surface area contributed by atoms with Gasteiger partial charge in [-0.3, -0.25) is 0 Å². The Bertz CT molecular complexity index is 1080. The molecule has 0 amide bonds. The van der Waals surface area contributed by atoms with Crippen LogP contribution in [0.2, 0.25) is 0 Å². The number of imidazole rings is 1. The topological polar surface area (TPSA) is 56.7 Å². The summed E-state index contributed by atoms with van der Waals surface area (Å²) in [7, 11) is 0. The Kier molecular flexibility index (Phi) is 5.29. The lowest BCUT2D eigenvalue weighted by atomic mass is 10.0. The van der Waals surface area contributed by atoms with Crippen molar-refractivity contribution < 1.29 is 0 Å². The minimum absolute atomic E-state index is 0.514. The van der Waals surface area contributed by atoms with Gasteiger partial charge in [0.25, 0.3) is 0 Å². The van der Waals surface area contributed by atoms with Crippen molar-refractivity contribution in [3.8, 4) is 0 Å². The van der Waals surface area contributed by atoms with Crippen LogP contribution in [-0.2, 0) is 19.4 Å². The molecule has 2 aromatic carbocycles. The second-order valence-corrected chi connectivity index (χ2v) is 8.03. The molecular weight excluding hydrogens is 344 g/mol. The number of fused-ring (bicyclic) bond motifs is 3. The first kappa shape index (κ1) is 18.5. The van der Waals surface area contributed by atoms with Crippen LogP contribution in [0.1, 0.15) is 37.8 Å². The van der Waals surface area contributed by atoms with E-state index < -0.39 is 0 Å². The number of benzene rings is 2. The number of rotatable bonds is 7. The molecule has 0 fully saturated rings. The highest BCUT2D eigenvalue weighted by molar-refractivity contribution is 6.06. The second kappa shape index (κ2) is 8.01. The van der Waals surface area contributed by atoms with Crippen molar-refractivity contribution in [2.75, 3.05) is 5.73 Å². The lowest BCUT2D eigenvalue weighted by molar-refractivity contribution is 0.533. The molecule has 28 heavy (non-hydrogen) atoms. The monoisotopic (exact) mass is 372 g/mol. The highest BCUT2D eigenvalue weighted by atomic mass is 15.1. The van der Waals surface area contributed by atoms with Gasteiger partial charge < -0.3 is 10.3 Å². The summed E-state index contributed by atoms with van der Waals surface area (Å²) < 4.78 is 2.22. The number of aryl methyl sites for hydroxylation is 2. The van der Waals surface area contributed by atoms with Crippen molar-refractivity contribution in [3.05, 3.63) is 66.0 Å². The third-order valence-electron chi connectivity index (χ3n) is 5.22. The predicted octanol–water partition coefficient (Wildman–Crippen LogP) is 5.39. The van der Waals surface area contributed by atoms with Gasteiger partial charge in [0, 0.05) is 11.9 Å². The second-order valence-electron chi connectivity index (χ2n) is 8.03. The third kappa shape index (κ3) is 3.86. The fourth-order valence-corrected chi connectivity index (χ4v) is 3.90. The van der Waals surface area contributed by atoms with E-state index in [2.05, 4.69) is 76.9 Å². The van der Waals surface area contributed by atoms with Crippen LogP contribution in [0.3, 0.4) is 0 Å². The summed E-state index contributed by atoms with van der Waals surface area (Å²) in [6.45, 7) is 5.36. The van der Waals surface area contributed by atoms with Gasteiger partial charge in [0.15, 0.2) is 5.82 Å². The van der Waals surface area contributed by atoms with Crippen molar-refractivity contribution in [1.82, 2.24) is 14.5 Å². The molecule has 0 bridgehead atoms. The number of aromatic nitrogens is 3. The Hall–Kier alpha value is -2.88. The molecule has 0 spiro atoms. The number of hydrogen-bond donors (Lipinski definition) is 1. The van der Waals surface area contributed by atoms with E-state index in [9.17, 15) is 0 Å². The first-order chi connectivity index (χ1) is 13.6. The zero-order valence-corrected chi connectivity index (χ0v) is 16.7. The summed E-state index contributed by atoms with van der Waals surface area (Å²) in [5.41, 5.74) is 11.8. The highest BCUT2D eigenvalue weighted by Crippen LogP contribution is 2.29. The molecule has 144 valence electrons. The van der Waals surface area contributed by atoms with Crippen LogP contribution in [0.15, 0.2) is 54.9 Å². The average Bonchev–Trinajstić information content (AvgIpc) is 3.10. The van der Waals surface area contributed by atoms with E-state index in [1.54, 1.807) is 0 Å². The smallest absolute Gasteiger partial charge is 0.152 e. The summed E-state index contributed by atoms with van der Waals surface area (Å²) in [6.07, 6.45) is 6.49. The van der Waals surface area contributed by atoms with Crippen molar-refractivity contribution in [3.63, 3.8) is 0 Å². The van der Waals surface area contributed by atoms with Gasteiger partial charge in [0.2, 0.25) is 0 Å². The molecule has 2 N–H and O–H groups in total. The number of nitrogens with zero attached hydrogens (tertiary/aromatic N) is 3. The molecule has 0 atom stereocenters. The summed E-state index contributed by atoms with van der Waals surface area (Å²) in [4.78, 5) is 9.11. The van der Waals surface area contributed by atoms with Gasteiger partial charge in [0.05, 0.1) is 17.4 Å². The maximum Gasteiger partial charge on any atom is 0.152 e. The highest BCUT2D eigenvalue weighted by Gasteiger charge is 2.13. The minimum atomic E-state index is 0.514. The van der Waals surface area contributed by atoms with E-state index in [1.165, 1.54) is 24.0 Å². The fraction of sp³-hybridized carbons (Fsp3) is 0.333. The molecule has 0 aliphatic heterocycles. The average molecular weight is 373 g/mol. The van der Waals surface area contributed by atoms with Crippen molar-refractivity contribution in [2.45, 2.75) is 46.1 Å². The van der Waals surface area contributed by atoms with Crippen LogP contribution in [0.4, 0.5) is 5.82 Å². The quantitative estimate of drug-likeness (QED) is 0.443. The molecule has 2 aromatic heterocycles. The van der Waals surface area contributed by atoms with Crippen LogP contribution >= 0.6 is 0 Å². The Morgan fingerprint density at radius 2 is 1.71 bits per heavy atom. The first-order valence-corrected chi connectivity index (χ1v) is 10.2. The van der Waals surface area contributed by atoms with Gasteiger partial charge >= 0.3 is 0 Å². The van der Waals surface area contributed by atoms with Crippen LogP contribution in [0.25, 0.3) is 21.9 Å². The number of nitrogen functional groups attached to an aromatic ring is 1. The van der Waals surface area contributed by atoms with Gasteiger partial charge in [-0.05, 0) is 54.9 Å². The first-order valence-electron chi connectivity index (χ1n) is 10.2. The van der Waals surface area contributed by atoms with Gasteiger partial charge in [0.1, 0.15) is 5.52 Å². The number of nitrogens with two attached hydrogens (primary N) is 1. The fourth-order valence-electron chi connectivity index (χ4n) is 3.90. The number of hydrogen-bond acceptors (Lipinski definition) is 3. The summed E-state index contributed by atoms with van der Waals surface area (Å²) in [5, 5.41) is 1.16. The van der Waals surface area contributed by atoms with E-state index in [0.717, 1.165) is 41.3 Å². The zero-order valence-electron chi connectivity index (χ0n) is 16.7.